The molecule has 1 aromatic heterocycles. The van der Waals surface area contributed by atoms with Crippen LogP contribution in [0.1, 0.15) is 18.5 Å². The number of aromatic nitrogens is 2. The van der Waals surface area contributed by atoms with Crippen LogP contribution in [0.25, 0.3) is 11.0 Å². The van der Waals surface area contributed by atoms with Gasteiger partial charge in [0.1, 0.15) is 5.75 Å². The maximum absolute atomic E-state index is 12.9. The van der Waals surface area contributed by atoms with Crippen LogP contribution < -0.4 is 19.5 Å². The first-order valence-electron chi connectivity index (χ1n) is 9.37. The fraction of sp³-hybridized carbons (Fsp3) is 0.273. The summed E-state index contributed by atoms with van der Waals surface area (Å²) in [6.45, 7) is 1.83. The summed E-state index contributed by atoms with van der Waals surface area (Å²) in [6.07, 6.45) is 0. The smallest absolute Gasteiger partial charge is 0.337 e. The number of hydrogen-bond donors (Lipinski definition) is 1. The number of rotatable bonds is 5. The average Bonchev–Trinajstić information content (AvgIpc) is 3.14. The van der Waals surface area contributed by atoms with Gasteiger partial charge in [-0.3, -0.25) is 4.57 Å². The van der Waals surface area contributed by atoms with E-state index >= 15 is 0 Å². The number of hydrogen-bond acceptors (Lipinski definition) is 7. The van der Waals surface area contributed by atoms with Crippen LogP contribution in [0, 0.1) is 0 Å². The third-order valence-corrected chi connectivity index (χ3v) is 5.27. The van der Waals surface area contributed by atoms with Gasteiger partial charge in [0.2, 0.25) is 5.95 Å². The fourth-order valence-corrected chi connectivity index (χ4v) is 3.90. The van der Waals surface area contributed by atoms with E-state index in [1.165, 1.54) is 7.11 Å². The molecule has 0 amide bonds. The maximum atomic E-state index is 12.9. The van der Waals surface area contributed by atoms with Crippen molar-refractivity contribution in [2.45, 2.75) is 13.0 Å². The van der Waals surface area contributed by atoms with Gasteiger partial charge in [-0.1, -0.05) is 12.1 Å². The Hall–Kier alpha value is -3.68. The molecule has 1 N–H and O–H groups in total. The zero-order chi connectivity index (χ0) is 21.4. The third-order valence-electron chi connectivity index (χ3n) is 5.27. The highest BCUT2D eigenvalue weighted by Gasteiger charge is 2.37. The molecule has 0 radical (unpaired) electrons. The van der Waals surface area contributed by atoms with Crippen molar-refractivity contribution in [2.24, 2.45) is 0 Å². The molecule has 0 fully saturated rings. The standard InChI is InChI=1S/C22H23N3O5/c1-12-19(21(26)30-5)20(13-10-17(28-3)18(29-4)11-16(13)27-2)25-15-9-7-6-8-14(15)24-22(25)23-12/h6-11,20H,1-5H3,(H,23,24). The van der Waals surface area contributed by atoms with E-state index in [0.717, 1.165) is 16.6 Å². The molecule has 1 atom stereocenters. The number of imidazole rings is 1. The van der Waals surface area contributed by atoms with E-state index in [9.17, 15) is 4.79 Å². The van der Waals surface area contributed by atoms with Gasteiger partial charge < -0.3 is 24.3 Å². The van der Waals surface area contributed by atoms with Gasteiger partial charge in [-0.05, 0) is 25.1 Å². The number of ether oxygens (including phenoxy) is 4. The normalized spacial score (nSPS) is 15.4. The van der Waals surface area contributed by atoms with Crippen LogP contribution in [-0.2, 0) is 9.53 Å². The molecule has 1 aliphatic rings. The molecular formula is C22H23N3O5. The van der Waals surface area contributed by atoms with Crippen LogP contribution >= 0.6 is 0 Å². The van der Waals surface area contributed by atoms with E-state index in [-0.39, 0.29) is 0 Å². The lowest BCUT2D eigenvalue weighted by atomic mass is 9.93. The van der Waals surface area contributed by atoms with E-state index < -0.39 is 12.0 Å². The first-order valence-corrected chi connectivity index (χ1v) is 9.37. The lowest BCUT2D eigenvalue weighted by Crippen LogP contribution is -2.28. The molecule has 3 aromatic rings. The van der Waals surface area contributed by atoms with Crippen LogP contribution in [0.4, 0.5) is 5.95 Å². The summed E-state index contributed by atoms with van der Waals surface area (Å²) in [5, 5.41) is 3.24. The topological polar surface area (TPSA) is 83.8 Å². The number of nitrogens with one attached hydrogen (secondary N) is 1. The number of esters is 1. The summed E-state index contributed by atoms with van der Waals surface area (Å²) in [6, 6.07) is 10.8. The Morgan fingerprint density at radius 3 is 2.33 bits per heavy atom. The summed E-state index contributed by atoms with van der Waals surface area (Å²) in [5.41, 5.74) is 3.52. The molecule has 1 aliphatic heterocycles. The van der Waals surface area contributed by atoms with Crippen molar-refractivity contribution in [1.29, 1.82) is 0 Å². The van der Waals surface area contributed by atoms with E-state index in [4.69, 9.17) is 23.9 Å². The maximum Gasteiger partial charge on any atom is 0.337 e. The van der Waals surface area contributed by atoms with Gasteiger partial charge in [0.25, 0.3) is 0 Å². The van der Waals surface area contributed by atoms with E-state index in [1.54, 1.807) is 27.4 Å². The minimum atomic E-state index is -0.546. The number of carbonyl (C=O) groups is 1. The largest absolute Gasteiger partial charge is 0.496 e. The third kappa shape index (κ3) is 2.92. The first-order chi connectivity index (χ1) is 14.5. The quantitative estimate of drug-likeness (QED) is 0.646. The van der Waals surface area contributed by atoms with Crippen molar-refractivity contribution in [3.05, 3.63) is 53.2 Å². The lowest BCUT2D eigenvalue weighted by Gasteiger charge is -2.31. The van der Waals surface area contributed by atoms with Crippen LogP contribution in [0.15, 0.2) is 47.7 Å². The van der Waals surface area contributed by atoms with Crippen LogP contribution in [0.2, 0.25) is 0 Å². The summed E-state index contributed by atoms with van der Waals surface area (Å²) in [7, 11) is 6.07. The van der Waals surface area contributed by atoms with Gasteiger partial charge in [0, 0.05) is 17.3 Å². The van der Waals surface area contributed by atoms with Crippen LogP contribution in [0.5, 0.6) is 17.2 Å². The summed E-state index contributed by atoms with van der Waals surface area (Å²) < 4.78 is 23.7. The zero-order valence-electron chi connectivity index (χ0n) is 17.5. The van der Waals surface area contributed by atoms with Gasteiger partial charge in [-0.2, -0.15) is 0 Å². The number of allylic oxidation sites excluding steroid dienone is 1. The minimum absolute atomic E-state index is 0.440. The van der Waals surface area contributed by atoms with Gasteiger partial charge in [0.05, 0.1) is 51.1 Å². The second-order valence-corrected chi connectivity index (χ2v) is 6.80. The summed E-state index contributed by atoms with van der Waals surface area (Å²) in [4.78, 5) is 17.6. The van der Waals surface area contributed by atoms with Gasteiger partial charge >= 0.3 is 5.97 Å². The Labute approximate surface area is 174 Å². The molecule has 2 aromatic carbocycles. The van der Waals surface area contributed by atoms with Crippen molar-refractivity contribution < 1.29 is 23.7 Å². The monoisotopic (exact) mass is 409 g/mol. The molecule has 0 spiro atoms. The van der Waals surface area contributed by atoms with E-state index in [2.05, 4.69) is 5.32 Å². The van der Waals surface area contributed by atoms with Gasteiger partial charge in [-0.15, -0.1) is 0 Å². The Morgan fingerprint density at radius 1 is 1.00 bits per heavy atom. The highest BCUT2D eigenvalue weighted by molar-refractivity contribution is 5.94. The first kappa shape index (κ1) is 19.6. The molecular weight excluding hydrogens is 386 g/mol. The van der Waals surface area contributed by atoms with Gasteiger partial charge in [0.15, 0.2) is 11.5 Å². The van der Waals surface area contributed by atoms with Crippen LogP contribution in [-0.4, -0.2) is 44.0 Å². The number of para-hydroxylation sites is 2. The number of fused-ring (bicyclic) bond motifs is 3. The molecule has 0 bridgehead atoms. The molecule has 0 saturated heterocycles. The number of nitrogens with zero attached hydrogens (tertiary/aromatic N) is 2. The van der Waals surface area contributed by atoms with E-state index in [1.807, 2.05) is 41.8 Å². The van der Waals surface area contributed by atoms with Crippen molar-refractivity contribution in [3.8, 4) is 17.2 Å². The lowest BCUT2D eigenvalue weighted by molar-refractivity contribution is -0.136. The van der Waals surface area contributed by atoms with Crippen molar-refractivity contribution >= 4 is 23.0 Å². The molecule has 0 saturated carbocycles. The van der Waals surface area contributed by atoms with Gasteiger partial charge in [-0.25, -0.2) is 9.78 Å². The second-order valence-electron chi connectivity index (χ2n) is 6.80. The number of methoxy groups -OCH3 is 4. The second kappa shape index (κ2) is 7.62. The average molecular weight is 409 g/mol. The highest BCUT2D eigenvalue weighted by atomic mass is 16.5. The Bertz CT molecular complexity index is 1170. The highest BCUT2D eigenvalue weighted by Crippen LogP contribution is 2.45. The zero-order valence-corrected chi connectivity index (χ0v) is 17.5. The van der Waals surface area contributed by atoms with Crippen molar-refractivity contribution in [1.82, 2.24) is 9.55 Å². The Kier molecular flexibility index (Phi) is 4.99. The molecule has 0 aliphatic carbocycles. The van der Waals surface area contributed by atoms with Crippen molar-refractivity contribution in [2.75, 3.05) is 33.8 Å². The number of benzene rings is 2. The number of anilines is 1. The predicted molar refractivity (Wildman–Crippen MR) is 112 cm³/mol. The SMILES string of the molecule is COC(=O)C1=C(C)Nc2nc3ccccc3n2C1c1cc(OC)c(OC)cc1OC. The predicted octanol–water partition coefficient (Wildman–Crippen LogP) is 3.52. The van der Waals surface area contributed by atoms with E-state index in [0.29, 0.717) is 34.5 Å². The van der Waals surface area contributed by atoms with Crippen LogP contribution in [0.3, 0.4) is 0 Å². The summed E-state index contributed by atoms with van der Waals surface area (Å²) in [5.74, 6) is 1.80. The molecule has 8 heteroatoms. The number of carbonyl (C=O) groups excluding carboxylic acids is 1. The molecule has 4 rings (SSSR count). The molecule has 30 heavy (non-hydrogen) atoms. The molecule has 1 unspecified atom stereocenters. The molecule has 156 valence electrons. The fourth-order valence-electron chi connectivity index (χ4n) is 3.90. The summed E-state index contributed by atoms with van der Waals surface area (Å²) >= 11 is 0. The van der Waals surface area contributed by atoms with Crippen molar-refractivity contribution in [3.63, 3.8) is 0 Å². The minimum Gasteiger partial charge on any atom is -0.496 e. The Balaban J connectivity index is 2.06. The Morgan fingerprint density at radius 2 is 1.67 bits per heavy atom. The molecule has 8 nitrogen and oxygen atoms in total. The molecule has 2 heterocycles.